The number of benzene rings is 2. The van der Waals surface area contributed by atoms with Gasteiger partial charge in [0.05, 0.1) is 17.3 Å². The number of ether oxygens (including phenoxy) is 1. The van der Waals surface area contributed by atoms with Crippen LogP contribution in [-0.4, -0.2) is 6.61 Å². The maximum absolute atomic E-state index is 6.16. The quantitative estimate of drug-likeness (QED) is 0.857. The van der Waals surface area contributed by atoms with E-state index >= 15 is 0 Å². The van der Waals surface area contributed by atoms with Crippen molar-refractivity contribution in [2.75, 3.05) is 11.9 Å². The van der Waals surface area contributed by atoms with Crippen LogP contribution < -0.4 is 10.1 Å². The van der Waals surface area contributed by atoms with Crippen molar-refractivity contribution in [1.29, 1.82) is 0 Å². The highest BCUT2D eigenvalue weighted by Gasteiger charge is 2.01. The number of anilines is 1. The van der Waals surface area contributed by atoms with E-state index in [9.17, 15) is 0 Å². The normalized spacial score (nSPS) is 10.3. The molecule has 0 radical (unpaired) electrons. The zero-order valence-electron chi connectivity index (χ0n) is 11.2. The fraction of sp³-hybridized carbons (Fsp3) is 0.250. The van der Waals surface area contributed by atoms with E-state index in [2.05, 4.69) is 24.4 Å². The lowest BCUT2D eigenvalue weighted by molar-refractivity contribution is 0.340. The van der Waals surface area contributed by atoms with Crippen molar-refractivity contribution in [3.8, 4) is 5.75 Å². The molecule has 0 aromatic heterocycles. The van der Waals surface area contributed by atoms with Gasteiger partial charge in [0.15, 0.2) is 0 Å². The number of nitrogens with one attached hydrogen (secondary N) is 1. The second-order valence-electron chi connectivity index (χ2n) is 4.42. The summed E-state index contributed by atoms with van der Waals surface area (Å²) in [6.45, 7) is 5.44. The molecule has 0 spiro atoms. The summed E-state index contributed by atoms with van der Waals surface area (Å²) in [5, 5.41) is 4.09. The predicted octanol–water partition coefficient (Wildman–Crippen LogP) is 4.66. The van der Waals surface area contributed by atoms with E-state index in [1.165, 1.54) is 11.1 Å². The highest BCUT2D eigenvalue weighted by molar-refractivity contribution is 6.33. The molecule has 2 nitrogen and oxygen atoms in total. The molecule has 0 aliphatic heterocycles. The maximum atomic E-state index is 6.16. The Balaban J connectivity index is 2.05. The average molecular weight is 276 g/mol. The molecule has 0 aliphatic rings. The Kier molecular flexibility index (Phi) is 4.69. The first-order chi connectivity index (χ1) is 9.19. The third-order valence-corrected chi connectivity index (χ3v) is 3.14. The van der Waals surface area contributed by atoms with E-state index in [-0.39, 0.29) is 0 Å². The van der Waals surface area contributed by atoms with Crippen LogP contribution in [0.5, 0.6) is 5.75 Å². The van der Waals surface area contributed by atoms with Crippen LogP contribution in [0.15, 0.2) is 42.5 Å². The SMILES string of the molecule is CCOc1cccc(CNc2cc(C)ccc2Cl)c1. The van der Waals surface area contributed by atoms with Gasteiger partial charge in [-0.25, -0.2) is 0 Å². The second kappa shape index (κ2) is 6.48. The highest BCUT2D eigenvalue weighted by atomic mass is 35.5. The highest BCUT2D eigenvalue weighted by Crippen LogP contribution is 2.23. The minimum Gasteiger partial charge on any atom is -0.494 e. The maximum Gasteiger partial charge on any atom is 0.119 e. The van der Waals surface area contributed by atoms with Crippen LogP contribution in [0.3, 0.4) is 0 Å². The molecule has 0 saturated carbocycles. The largest absolute Gasteiger partial charge is 0.494 e. The molecule has 19 heavy (non-hydrogen) atoms. The minimum atomic E-state index is 0.681. The Morgan fingerprint density at radius 3 is 2.79 bits per heavy atom. The summed E-state index contributed by atoms with van der Waals surface area (Å²) in [6, 6.07) is 14.0. The van der Waals surface area contributed by atoms with Crippen molar-refractivity contribution in [3.05, 3.63) is 58.6 Å². The predicted molar refractivity (Wildman–Crippen MR) is 81.1 cm³/mol. The van der Waals surface area contributed by atoms with Gasteiger partial charge < -0.3 is 10.1 Å². The first-order valence-corrected chi connectivity index (χ1v) is 6.78. The molecular weight excluding hydrogens is 258 g/mol. The summed E-state index contributed by atoms with van der Waals surface area (Å²) in [4.78, 5) is 0. The van der Waals surface area contributed by atoms with Gasteiger partial charge in [-0.15, -0.1) is 0 Å². The third kappa shape index (κ3) is 3.90. The van der Waals surface area contributed by atoms with Crippen LogP contribution in [0, 0.1) is 6.92 Å². The van der Waals surface area contributed by atoms with Crippen LogP contribution in [0.25, 0.3) is 0 Å². The van der Waals surface area contributed by atoms with Crippen LogP contribution in [-0.2, 0) is 6.54 Å². The van der Waals surface area contributed by atoms with E-state index in [4.69, 9.17) is 16.3 Å². The summed E-state index contributed by atoms with van der Waals surface area (Å²) < 4.78 is 5.49. The average Bonchev–Trinajstić information content (AvgIpc) is 2.41. The molecule has 100 valence electrons. The summed E-state index contributed by atoms with van der Waals surface area (Å²) >= 11 is 6.16. The first kappa shape index (κ1) is 13.8. The number of hydrogen-bond donors (Lipinski definition) is 1. The van der Waals surface area contributed by atoms with E-state index in [1.54, 1.807) is 0 Å². The third-order valence-electron chi connectivity index (χ3n) is 2.81. The molecule has 0 fully saturated rings. The molecule has 2 aromatic carbocycles. The van der Waals surface area contributed by atoms with Crippen molar-refractivity contribution in [2.45, 2.75) is 20.4 Å². The number of rotatable bonds is 5. The Labute approximate surface area is 119 Å². The Morgan fingerprint density at radius 1 is 1.16 bits per heavy atom. The molecule has 2 rings (SSSR count). The molecule has 0 amide bonds. The molecule has 1 N–H and O–H groups in total. The Morgan fingerprint density at radius 2 is 2.00 bits per heavy atom. The first-order valence-electron chi connectivity index (χ1n) is 6.41. The summed E-state index contributed by atoms with van der Waals surface area (Å²) in [5.41, 5.74) is 3.32. The lowest BCUT2D eigenvalue weighted by Crippen LogP contribution is -2.01. The monoisotopic (exact) mass is 275 g/mol. The molecular formula is C16H18ClNO. The van der Waals surface area contributed by atoms with E-state index in [0.29, 0.717) is 6.61 Å². The van der Waals surface area contributed by atoms with Gasteiger partial charge in [-0.05, 0) is 49.2 Å². The van der Waals surface area contributed by atoms with Crippen molar-refractivity contribution < 1.29 is 4.74 Å². The van der Waals surface area contributed by atoms with Crippen molar-refractivity contribution in [1.82, 2.24) is 0 Å². The molecule has 2 aromatic rings. The van der Waals surface area contributed by atoms with Gasteiger partial charge >= 0.3 is 0 Å². The standard InChI is InChI=1S/C16H18ClNO/c1-3-19-14-6-4-5-13(10-14)11-18-16-9-12(2)7-8-15(16)17/h4-10,18H,3,11H2,1-2H3. The lowest BCUT2D eigenvalue weighted by Gasteiger charge is -2.10. The van der Waals surface area contributed by atoms with E-state index < -0.39 is 0 Å². The van der Waals surface area contributed by atoms with E-state index in [1.807, 2.05) is 37.3 Å². The van der Waals surface area contributed by atoms with Gasteiger partial charge in [-0.2, -0.15) is 0 Å². The van der Waals surface area contributed by atoms with Crippen molar-refractivity contribution >= 4 is 17.3 Å². The zero-order valence-corrected chi connectivity index (χ0v) is 12.0. The van der Waals surface area contributed by atoms with Gasteiger partial charge in [0.1, 0.15) is 5.75 Å². The van der Waals surface area contributed by atoms with Crippen LogP contribution in [0.1, 0.15) is 18.1 Å². The lowest BCUT2D eigenvalue weighted by atomic mass is 10.2. The van der Waals surface area contributed by atoms with Gasteiger partial charge in [-0.1, -0.05) is 29.8 Å². The smallest absolute Gasteiger partial charge is 0.119 e. The van der Waals surface area contributed by atoms with Gasteiger partial charge in [0.25, 0.3) is 0 Å². The van der Waals surface area contributed by atoms with Gasteiger partial charge in [0.2, 0.25) is 0 Å². The molecule has 0 heterocycles. The topological polar surface area (TPSA) is 21.3 Å². The molecule has 0 unspecified atom stereocenters. The Bertz CT molecular complexity index is 554. The summed E-state index contributed by atoms with van der Waals surface area (Å²) in [7, 11) is 0. The molecule has 0 aliphatic carbocycles. The molecule has 0 saturated heterocycles. The van der Waals surface area contributed by atoms with Gasteiger partial charge in [-0.3, -0.25) is 0 Å². The zero-order chi connectivity index (χ0) is 13.7. The van der Waals surface area contributed by atoms with Crippen molar-refractivity contribution in [3.63, 3.8) is 0 Å². The van der Waals surface area contributed by atoms with Crippen molar-refractivity contribution in [2.24, 2.45) is 0 Å². The summed E-state index contributed by atoms with van der Waals surface area (Å²) in [6.07, 6.45) is 0. The molecule has 3 heteroatoms. The number of aryl methyl sites for hydroxylation is 1. The molecule has 0 atom stereocenters. The van der Waals surface area contributed by atoms with Crippen LogP contribution in [0.2, 0.25) is 5.02 Å². The number of hydrogen-bond acceptors (Lipinski definition) is 2. The second-order valence-corrected chi connectivity index (χ2v) is 4.82. The van der Waals surface area contributed by atoms with Crippen LogP contribution in [0.4, 0.5) is 5.69 Å². The summed E-state index contributed by atoms with van der Waals surface area (Å²) in [5.74, 6) is 0.900. The minimum absolute atomic E-state index is 0.681. The fourth-order valence-corrected chi connectivity index (χ4v) is 2.07. The fourth-order valence-electron chi connectivity index (χ4n) is 1.88. The Hall–Kier alpha value is -1.67. The van der Waals surface area contributed by atoms with E-state index in [0.717, 1.165) is 23.0 Å². The van der Waals surface area contributed by atoms with Crippen LogP contribution >= 0.6 is 11.6 Å². The van der Waals surface area contributed by atoms with Gasteiger partial charge in [0, 0.05) is 6.54 Å². The number of halogens is 1. The molecule has 0 bridgehead atoms.